The quantitative estimate of drug-likeness (QED) is 0.0784. The predicted molar refractivity (Wildman–Crippen MR) is 169 cm³/mol. The number of para-hydroxylation sites is 1. The Morgan fingerprint density at radius 2 is 1.48 bits per heavy atom. The molecular weight excluding hydrogens is 550 g/mol. The summed E-state index contributed by atoms with van der Waals surface area (Å²) in [6.07, 6.45) is 15.7. The van der Waals surface area contributed by atoms with Gasteiger partial charge in [-0.3, -0.25) is 9.17 Å². The summed E-state index contributed by atoms with van der Waals surface area (Å²) in [4.78, 5) is 9.22. The maximum atomic E-state index is 10.9. The highest BCUT2D eigenvalue weighted by molar-refractivity contribution is 7.85. The van der Waals surface area contributed by atoms with Crippen molar-refractivity contribution in [2.24, 2.45) is 0 Å². The molecule has 8 nitrogen and oxygen atoms in total. The van der Waals surface area contributed by atoms with E-state index in [2.05, 4.69) is 44.9 Å². The molecule has 0 spiro atoms. The van der Waals surface area contributed by atoms with Gasteiger partial charge in [0.25, 0.3) is 10.1 Å². The first kappa shape index (κ1) is 31.9. The molecule has 0 unspecified atom stereocenters. The lowest BCUT2D eigenvalue weighted by Crippen LogP contribution is -2.18. The van der Waals surface area contributed by atoms with Crippen molar-refractivity contribution in [1.82, 2.24) is 14.5 Å². The van der Waals surface area contributed by atoms with E-state index < -0.39 is 10.1 Å². The Morgan fingerprint density at radius 1 is 0.810 bits per heavy atom. The van der Waals surface area contributed by atoms with Gasteiger partial charge in [-0.15, -0.1) is 0 Å². The maximum absolute atomic E-state index is 10.9. The van der Waals surface area contributed by atoms with E-state index in [1.807, 2.05) is 37.6 Å². The Bertz CT molecular complexity index is 1470. The van der Waals surface area contributed by atoms with Crippen LogP contribution in [0.5, 0.6) is 5.75 Å². The largest absolute Gasteiger partial charge is 0.494 e. The second-order valence-corrected chi connectivity index (χ2v) is 12.5. The molecule has 0 saturated carbocycles. The highest BCUT2D eigenvalue weighted by atomic mass is 32.2. The molecule has 0 saturated heterocycles. The third-order valence-electron chi connectivity index (χ3n) is 7.46. The average molecular weight is 596 g/mol. The average Bonchev–Trinajstić information content (AvgIpc) is 3.42. The Hall–Kier alpha value is -3.01. The van der Waals surface area contributed by atoms with Crippen molar-refractivity contribution in [1.29, 1.82) is 0 Å². The van der Waals surface area contributed by atoms with Gasteiger partial charge in [-0.1, -0.05) is 75.3 Å². The molecule has 4 rings (SSSR count). The number of fused-ring (bicyclic) bond motifs is 3. The van der Waals surface area contributed by atoms with Crippen LogP contribution >= 0.6 is 0 Å². The summed E-state index contributed by atoms with van der Waals surface area (Å²) in [5.74, 6) is 0.908. The fourth-order valence-corrected chi connectivity index (χ4v) is 5.69. The van der Waals surface area contributed by atoms with E-state index in [0.29, 0.717) is 19.8 Å². The lowest BCUT2D eigenvalue weighted by atomic mass is 10.1. The number of ether oxygens (including phenoxy) is 2. The second-order valence-electron chi connectivity index (χ2n) is 10.9. The SMILES string of the molecule is CCOC[C@H](Cc1ccc(OCCCCCCCCCCCOS(C)(=O)=O)cc1)n1cnc2cnc3ccccc3c21. The van der Waals surface area contributed by atoms with Crippen molar-refractivity contribution in [2.75, 3.05) is 32.7 Å². The summed E-state index contributed by atoms with van der Waals surface area (Å²) in [5, 5.41) is 1.10. The fourth-order valence-electron chi connectivity index (χ4n) is 5.27. The summed E-state index contributed by atoms with van der Waals surface area (Å²) < 4.78 is 40.8. The zero-order valence-corrected chi connectivity index (χ0v) is 25.9. The van der Waals surface area contributed by atoms with Crippen LogP contribution in [0.1, 0.15) is 76.3 Å². The van der Waals surface area contributed by atoms with Crippen LogP contribution in [-0.4, -0.2) is 55.6 Å². The number of rotatable bonds is 20. The van der Waals surface area contributed by atoms with E-state index in [-0.39, 0.29) is 6.04 Å². The molecule has 0 aliphatic heterocycles. The smallest absolute Gasteiger partial charge is 0.264 e. The third kappa shape index (κ3) is 10.1. The topological polar surface area (TPSA) is 92.5 Å². The molecule has 0 N–H and O–H groups in total. The van der Waals surface area contributed by atoms with Gasteiger partial charge in [-0.2, -0.15) is 8.42 Å². The van der Waals surface area contributed by atoms with Crippen LogP contribution in [0.4, 0.5) is 0 Å². The molecule has 2 aromatic heterocycles. The van der Waals surface area contributed by atoms with Crippen LogP contribution in [-0.2, 0) is 25.5 Å². The predicted octanol–water partition coefficient (Wildman–Crippen LogP) is 7.27. The lowest BCUT2D eigenvalue weighted by molar-refractivity contribution is 0.114. The number of hydrogen-bond acceptors (Lipinski definition) is 7. The first-order valence-electron chi connectivity index (χ1n) is 15.3. The van der Waals surface area contributed by atoms with Gasteiger partial charge in [0.05, 0.1) is 55.7 Å². The molecular formula is C33H45N3O5S. The van der Waals surface area contributed by atoms with Gasteiger partial charge in [0, 0.05) is 12.0 Å². The van der Waals surface area contributed by atoms with Gasteiger partial charge in [0.1, 0.15) is 11.3 Å². The van der Waals surface area contributed by atoms with Crippen LogP contribution in [0.15, 0.2) is 61.1 Å². The second kappa shape index (κ2) is 16.6. The fraction of sp³-hybridized carbons (Fsp3) is 0.515. The van der Waals surface area contributed by atoms with Gasteiger partial charge in [-0.05, 0) is 49.9 Å². The number of benzene rings is 2. The minimum Gasteiger partial charge on any atom is -0.494 e. The molecule has 2 heterocycles. The van der Waals surface area contributed by atoms with Crippen LogP contribution in [0.3, 0.4) is 0 Å². The van der Waals surface area contributed by atoms with Crippen LogP contribution in [0.2, 0.25) is 0 Å². The molecule has 0 amide bonds. The summed E-state index contributed by atoms with van der Waals surface area (Å²) in [6, 6.07) is 16.8. The van der Waals surface area contributed by atoms with Crippen molar-refractivity contribution >= 4 is 32.1 Å². The molecule has 228 valence electrons. The highest BCUT2D eigenvalue weighted by Crippen LogP contribution is 2.28. The van der Waals surface area contributed by atoms with E-state index in [1.54, 1.807) is 0 Å². The standard InChI is InChI=1S/C33H45N3O5S/c1-3-39-25-28(36-26-35-32-24-34-31-16-12-11-15-30(31)33(32)36)23-27-17-19-29(20-18-27)40-21-13-9-7-5-4-6-8-10-14-22-41-42(2,37)38/h11-12,15-20,24,26,28H,3-10,13-14,21-23,25H2,1-2H3/t28-/m0/s1. The Labute approximate surface area is 250 Å². The molecule has 0 fully saturated rings. The van der Waals surface area contributed by atoms with E-state index in [9.17, 15) is 8.42 Å². The number of pyridine rings is 1. The van der Waals surface area contributed by atoms with Crippen molar-refractivity contribution in [3.05, 3.63) is 66.6 Å². The van der Waals surface area contributed by atoms with Crippen molar-refractivity contribution in [2.45, 2.75) is 77.2 Å². The number of unbranched alkanes of at least 4 members (excludes halogenated alkanes) is 8. The zero-order chi connectivity index (χ0) is 29.6. The third-order valence-corrected chi connectivity index (χ3v) is 8.06. The summed E-state index contributed by atoms with van der Waals surface area (Å²) >= 11 is 0. The number of hydrogen-bond donors (Lipinski definition) is 0. The molecule has 4 aromatic rings. The van der Waals surface area contributed by atoms with Gasteiger partial charge < -0.3 is 14.0 Å². The Kier molecular flexibility index (Phi) is 12.6. The molecule has 0 aliphatic rings. The molecule has 1 atom stereocenters. The van der Waals surface area contributed by atoms with Gasteiger partial charge in [0.15, 0.2) is 0 Å². The van der Waals surface area contributed by atoms with Gasteiger partial charge in [0.2, 0.25) is 0 Å². The lowest BCUT2D eigenvalue weighted by Gasteiger charge is -2.20. The van der Waals surface area contributed by atoms with Gasteiger partial charge in [-0.25, -0.2) is 4.98 Å². The Balaban J connectivity index is 1.17. The maximum Gasteiger partial charge on any atom is 0.264 e. The van der Waals surface area contributed by atoms with E-state index in [1.165, 1.54) is 37.7 Å². The van der Waals surface area contributed by atoms with Crippen molar-refractivity contribution in [3.8, 4) is 5.75 Å². The van der Waals surface area contributed by atoms with Crippen molar-refractivity contribution < 1.29 is 22.1 Å². The van der Waals surface area contributed by atoms with Crippen LogP contribution in [0, 0.1) is 0 Å². The van der Waals surface area contributed by atoms with E-state index in [0.717, 1.165) is 72.7 Å². The normalized spacial score (nSPS) is 12.7. The highest BCUT2D eigenvalue weighted by Gasteiger charge is 2.18. The molecule has 0 bridgehead atoms. The summed E-state index contributed by atoms with van der Waals surface area (Å²) in [6.45, 7) is 4.34. The summed E-state index contributed by atoms with van der Waals surface area (Å²) in [7, 11) is -3.30. The molecule has 42 heavy (non-hydrogen) atoms. The molecule has 2 aromatic carbocycles. The minimum atomic E-state index is -3.30. The number of nitrogens with zero attached hydrogens (tertiary/aromatic N) is 3. The number of aromatic nitrogens is 3. The Morgan fingerprint density at radius 3 is 2.17 bits per heavy atom. The first-order chi connectivity index (χ1) is 20.4. The molecule has 0 aliphatic carbocycles. The van der Waals surface area contributed by atoms with Crippen LogP contribution < -0.4 is 4.74 Å². The zero-order valence-electron chi connectivity index (χ0n) is 25.0. The van der Waals surface area contributed by atoms with Gasteiger partial charge >= 0.3 is 0 Å². The van der Waals surface area contributed by atoms with Crippen molar-refractivity contribution in [3.63, 3.8) is 0 Å². The first-order valence-corrected chi connectivity index (χ1v) is 17.1. The monoisotopic (exact) mass is 595 g/mol. The number of imidazole rings is 1. The minimum absolute atomic E-state index is 0.112. The summed E-state index contributed by atoms with van der Waals surface area (Å²) in [5.41, 5.74) is 4.20. The van der Waals surface area contributed by atoms with Crippen LogP contribution in [0.25, 0.3) is 21.9 Å². The molecule has 0 radical (unpaired) electrons. The molecule has 9 heteroatoms. The van der Waals surface area contributed by atoms with E-state index >= 15 is 0 Å². The van der Waals surface area contributed by atoms with E-state index in [4.69, 9.17) is 13.7 Å².